The van der Waals surface area contributed by atoms with Crippen LogP contribution < -0.4 is 0 Å². The summed E-state index contributed by atoms with van der Waals surface area (Å²) in [5.41, 5.74) is 7.30. The van der Waals surface area contributed by atoms with Crippen LogP contribution in [0.15, 0.2) is 48.5 Å². The molecular weight excluding hydrogens is 266 g/mol. The number of benzene rings is 2. The molecule has 1 nitrogen and oxygen atoms in total. The van der Waals surface area contributed by atoms with Gasteiger partial charge in [-0.2, -0.15) is 0 Å². The van der Waals surface area contributed by atoms with E-state index in [1.807, 2.05) is 13.8 Å². The van der Waals surface area contributed by atoms with Crippen LogP contribution in [0.5, 0.6) is 0 Å². The Morgan fingerprint density at radius 3 is 1.45 bits per heavy atom. The Kier molecular flexibility index (Phi) is 1.87. The fourth-order valence-corrected chi connectivity index (χ4v) is 7.14. The minimum absolute atomic E-state index is 0.182. The van der Waals surface area contributed by atoms with E-state index in [4.69, 9.17) is 0 Å². The summed E-state index contributed by atoms with van der Waals surface area (Å²) in [4.78, 5) is 0. The molecule has 0 aromatic heterocycles. The molecule has 2 aromatic carbocycles. The predicted octanol–water partition coefficient (Wildman–Crippen LogP) is 4.65. The zero-order valence-electron chi connectivity index (χ0n) is 14.1. The molecule has 6 rings (SSSR count). The monoisotopic (exact) mass is 290 g/mol. The molecule has 4 aliphatic rings. The molecule has 4 aliphatic heterocycles. The smallest absolute Gasteiger partial charge is 0.210 e. The average molecular weight is 290 g/mol. The van der Waals surface area contributed by atoms with Gasteiger partial charge in [0.05, 0.1) is 0 Å². The Bertz CT molecular complexity index is 774. The van der Waals surface area contributed by atoms with Crippen LogP contribution in [0.2, 0.25) is 0 Å². The van der Waals surface area contributed by atoms with Crippen LogP contribution in [0.4, 0.5) is 0 Å². The van der Waals surface area contributed by atoms with Crippen LogP contribution in [0.1, 0.15) is 56.9 Å². The maximum absolute atomic E-state index is 2.50. The predicted molar refractivity (Wildman–Crippen MR) is 89.4 cm³/mol. The highest BCUT2D eigenvalue weighted by Gasteiger charge is 3.14. The van der Waals surface area contributed by atoms with Gasteiger partial charge >= 0.3 is 0 Å². The number of hydrogen-bond acceptors (Lipinski definition) is 0. The van der Waals surface area contributed by atoms with E-state index in [1.165, 1.54) is 4.48 Å². The second-order valence-corrected chi connectivity index (χ2v) is 7.58. The summed E-state index contributed by atoms with van der Waals surface area (Å²) in [7, 11) is 0. The van der Waals surface area contributed by atoms with Gasteiger partial charge in [-0.05, 0) is 6.92 Å². The Labute approximate surface area is 133 Å². The van der Waals surface area contributed by atoms with Gasteiger partial charge in [-0.25, -0.2) is 0 Å². The standard InChI is InChI=1S/C19H18N.C2H6/c1-17-12-8-4-6-10-14(12)18(2)16-19(3,20(16,17)18)15-11-7-5-9-13(15)17;1-2/h4-11,16H,1-3H3;1-2H3/q+1;/t16?,17?,18-,19+,20?;. The molecule has 0 radical (unpaired) electrons. The maximum Gasteiger partial charge on any atom is 0.210 e. The zero-order valence-corrected chi connectivity index (χ0v) is 14.1. The first-order valence-corrected chi connectivity index (χ1v) is 8.66. The molecule has 2 fully saturated rings. The average Bonchev–Trinajstić information content (AvgIpc) is 3.36. The van der Waals surface area contributed by atoms with Gasteiger partial charge < -0.3 is 0 Å². The van der Waals surface area contributed by atoms with E-state index in [1.54, 1.807) is 22.3 Å². The summed E-state index contributed by atoms with van der Waals surface area (Å²) in [5.74, 6) is 0. The van der Waals surface area contributed by atoms with Crippen LogP contribution in [0.25, 0.3) is 0 Å². The lowest BCUT2D eigenvalue weighted by Gasteiger charge is -2.29. The Morgan fingerprint density at radius 1 is 0.682 bits per heavy atom. The molecule has 3 unspecified atom stereocenters. The lowest BCUT2D eigenvalue weighted by molar-refractivity contribution is -0.830. The third-order valence-corrected chi connectivity index (χ3v) is 7.48. The summed E-state index contributed by atoms with van der Waals surface area (Å²) < 4.78 is 1.28. The molecule has 4 heterocycles. The Morgan fingerprint density at radius 2 is 1.05 bits per heavy atom. The van der Waals surface area contributed by atoms with E-state index in [9.17, 15) is 0 Å². The van der Waals surface area contributed by atoms with Gasteiger partial charge in [-0.1, -0.05) is 62.4 Å². The summed E-state index contributed by atoms with van der Waals surface area (Å²) >= 11 is 0. The van der Waals surface area contributed by atoms with Crippen LogP contribution in [-0.4, -0.2) is 10.5 Å². The van der Waals surface area contributed by atoms with Gasteiger partial charge in [0, 0.05) is 36.1 Å². The minimum atomic E-state index is 0.182. The molecule has 0 N–H and O–H groups in total. The first-order valence-electron chi connectivity index (χ1n) is 8.66. The molecular formula is C21H24N+. The Hall–Kier alpha value is -1.60. The number of hydrogen-bond donors (Lipinski definition) is 0. The maximum atomic E-state index is 2.50. The normalized spacial score (nSPS) is 46.7. The third kappa shape index (κ3) is 0.764. The van der Waals surface area contributed by atoms with E-state index in [2.05, 4.69) is 69.3 Å². The first-order chi connectivity index (χ1) is 10.6. The highest BCUT2D eigenvalue weighted by molar-refractivity contribution is 5.66. The highest BCUT2D eigenvalue weighted by atomic mass is 15.8. The molecule has 0 saturated carbocycles. The van der Waals surface area contributed by atoms with Crippen molar-refractivity contribution in [3.05, 3.63) is 70.8 Å². The van der Waals surface area contributed by atoms with Crippen molar-refractivity contribution < 1.29 is 4.48 Å². The fraction of sp³-hybridized carbons (Fsp3) is 0.429. The van der Waals surface area contributed by atoms with Gasteiger partial charge in [-0.3, -0.25) is 4.48 Å². The molecule has 1 spiro atoms. The van der Waals surface area contributed by atoms with Crippen LogP contribution in [0.3, 0.4) is 0 Å². The van der Waals surface area contributed by atoms with Crippen molar-refractivity contribution in [3.8, 4) is 0 Å². The highest BCUT2D eigenvalue weighted by Crippen LogP contribution is 2.96. The second kappa shape index (κ2) is 3.19. The largest absolute Gasteiger partial charge is 0.271 e. The van der Waals surface area contributed by atoms with Crippen molar-refractivity contribution in [3.63, 3.8) is 0 Å². The van der Waals surface area contributed by atoms with Gasteiger partial charge in [0.2, 0.25) is 6.04 Å². The second-order valence-electron chi connectivity index (χ2n) is 7.58. The van der Waals surface area contributed by atoms with E-state index < -0.39 is 0 Å². The zero-order chi connectivity index (χ0) is 15.5. The summed E-state index contributed by atoms with van der Waals surface area (Å²) in [6, 6.07) is 19.2. The van der Waals surface area contributed by atoms with Crippen molar-refractivity contribution in [1.29, 1.82) is 0 Å². The molecule has 0 aliphatic carbocycles. The molecule has 0 amide bonds. The van der Waals surface area contributed by atoms with Gasteiger partial charge in [-0.15, -0.1) is 0 Å². The Balaban J connectivity index is 0.000000544. The van der Waals surface area contributed by atoms with Crippen LogP contribution in [0, 0.1) is 0 Å². The minimum Gasteiger partial charge on any atom is -0.271 e. The van der Waals surface area contributed by atoms with Crippen molar-refractivity contribution in [1.82, 2.24) is 0 Å². The molecule has 5 atom stereocenters. The number of nitrogens with zero attached hydrogens (tertiary/aromatic N) is 1. The SMILES string of the molecule is CC.CC12c3ccccc3[C@@]3(C)C4[C@@](C)(c5ccccc51)[N+]423. The quantitative estimate of drug-likeness (QED) is 0.489. The van der Waals surface area contributed by atoms with Crippen molar-refractivity contribution in [2.24, 2.45) is 0 Å². The van der Waals surface area contributed by atoms with Gasteiger partial charge in [0.15, 0.2) is 16.6 Å². The molecule has 0 bridgehead atoms. The van der Waals surface area contributed by atoms with Gasteiger partial charge in [0.25, 0.3) is 0 Å². The van der Waals surface area contributed by atoms with E-state index in [-0.39, 0.29) is 5.54 Å². The summed E-state index contributed by atoms with van der Waals surface area (Å²) in [5, 5.41) is 0. The van der Waals surface area contributed by atoms with Crippen LogP contribution in [-0.2, 0) is 16.6 Å². The van der Waals surface area contributed by atoms with Crippen LogP contribution >= 0.6 is 0 Å². The first kappa shape index (κ1) is 12.9. The van der Waals surface area contributed by atoms with E-state index in [0.717, 1.165) is 6.04 Å². The molecule has 1 heteroatoms. The summed E-state index contributed by atoms with van der Waals surface area (Å²) in [6.45, 7) is 11.5. The number of rotatable bonds is 0. The van der Waals surface area contributed by atoms with Crippen molar-refractivity contribution in [2.75, 3.05) is 0 Å². The topological polar surface area (TPSA) is 0 Å². The van der Waals surface area contributed by atoms with E-state index in [0.29, 0.717) is 11.1 Å². The van der Waals surface area contributed by atoms with Gasteiger partial charge in [0.1, 0.15) is 0 Å². The summed E-state index contributed by atoms with van der Waals surface area (Å²) in [6.07, 6.45) is 0. The number of fused-ring (bicyclic) bond motifs is 8. The molecule has 22 heavy (non-hydrogen) atoms. The fourth-order valence-electron chi connectivity index (χ4n) is 7.14. The molecule has 2 saturated heterocycles. The molecule has 112 valence electrons. The lowest BCUT2D eigenvalue weighted by atomic mass is 9.75. The third-order valence-electron chi connectivity index (χ3n) is 7.48. The van der Waals surface area contributed by atoms with E-state index >= 15 is 0 Å². The van der Waals surface area contributed by atoms with Crippen molar-refractivity contribution >= 4 is 0 Å². The van der Waals surface area contributed by atoms with Crippen molar-refractivity contribution in [2.45, 2.75) is 57.3 Å². The number of quaternary nitrogens is 1. The molecule has 2 aromatic rings. The lowest BCUT2D eigenvalue weighted by Crippen LogP contribution is -2.42.